The van der Waals surface area contributed by atoms with Crippen molar-refractivity contribution in [2.24, 2.45) is 0 Å². The molecule has 2 atom stereocenters. The number of nitrogens with zero attached hydrogens (tertiary/aromatic N) is 1. The normalized spacial score (nSPS) is 21.9. The lowest BCUT2D eigenvalue weighted by atomic mass is 10.0. The van der Waals surface area contributed by atoms with E-state index in [1.54, 1.807) is 7.11 Å². The molecule has 0 aromatic heterocycles. The summed E-state index contributed by atoms with van der Waals surface area (Å²) in [4.78, 5) is 14.0. The lowest BCUT2D eigenvalue weighted by Crippen LogP contribution is -2.28. The van der Waals surface area contributed by atoms with Gasteiger partial charge in [0.1, 0.15) is 6.61 Å². The first-order valence-electron chi connectivity index (χ1n) is 9.60. The second-order valence-electron chi connectivity index (χ2n) is 6.61. The molecule has 0 saturated carbocycles. The van der Waals surface area contributed by atoms with Gasteiger partial charge in [-0.05, 0) is 36.7 Å². The Hall–Kier alpha value is -1.72. The molecule has 2 fully saturated rings. The Morgan fingerprint density at radius 2 is 2.04 bits per heavy atom. The number of ether oxygens (including phenoxy) is 3. The second-order valence-corrected chi connectivity index (χ2v) is 7.54. The predicted molar refractivity (Wildman–Crippen MR) is 109 cm³/mol. The average molecular weight is 405 g/mol. The average Bonchev–Trinajstić information content (AvgIpc) is 3.38. The molecule has 1 aromatic rings. The summed E-state index contributed by atoms with van der Waals surface area (Å²) in [6.07, 6.45) is 3.18. The minimum absolute atomic E-state index is 0.0192. The van der Waals surface area contributed by atoms with Crippen LogP contribution in [0.4, 0.5) is 4.79 Å². The first kappa shape index (κ1) is 21.0. The van der Waals surface area contributed by atoms with E-state index in [-0.39, 0.29) is 27.2 Å². The van der Waals surface area contributed by atoms with E-state index in [4.69, 9.17) is 18.7 Å². The van der Waals surface area contributed by atoms with Crippen molar-refractivity contribution in [2.75, 3.05) is 33.5 Å². The van der Waals surface area contributed by atoms with Crippen LogP contribution in [0.2, 0.25) is 0 Å². The number of rotatable bonds is 9. The van der Waals surface area contributed by atoms with Gasteiger partial charge in [-0.25, -0.2) is 4.79 Å². The first-order valence-corrected chi connectivity index (χ1v) is 10.6. The third kappa shape index (κ3) is 5.21. The van der Waals surface area contributed by atoms with Gasteiger partial charge >= 0.3 is 6.09 Å². The zero-order valence-corrected chi connectivity index (χ0v) is 17.4. The number of cyclic esters (lactones) is 1. The van der Waals surface area contributed by atoms with E-state index in [0.717, 1.165) is 24.0 Å². The number of carbonyl (C=O) groups excluding carboxylic acids is 1. The SMILES string of the molecule is C/C=C(CCCN1C(=O)OCC1c1ccccc1)\C(=C/POC)C1OCCO1. The van der Waals surface area contributed by atoms with Gasteiger partial charge in [-0.1, -0.05) is 36.4 Å². The molecule has 2 unspecified atom stereocenters. The van der Waals surface area contributed by atoms with Crippen molar-refractivity contribution in [3.8, 4) is 0 Å². The Balaban J connectivity index is 1.62. The quantitative estimate of drug-likeness (QED) is 0.450. The summed E-state index contributed by atoms with van der Waals surface area (Å²) < 4.78 is 21.9. The third-order valence-electron chi connectivity index (χ3n) is 4.93. The van der Waals surface area contributed by atoms with E-state index in [1.807, 2.05) is 48.0 Å². The Kier molecular flexibility index (Phi) is 8.04. The van der Waals surface area contributed by atoms with Gasteiger partial charge in [0, 0.05) is 28.0 Å². The van der Waals surface area contributed by atoms with Crippen molar-refractivity contribution in [2.45, 2.75) is 32.1 Å². The molecule has 2 aliphatic rings. The third-order valence-corrected chi connectivity index (χ3v) is 5.60. The Morgan fingerprint density at radius 1 is 1.29 bits per heavy atom. The summed E-state index contributed by atoms with van der Waals surface area (Å²) in [7, 11) is 1.94. The minimum Gasteiger partial charge on any atom is -0.447 e. The summed E-state index contributed by atoms with van der Waals surface area (Å²) in [6.45, 7) is 4.27. The molecule has 1 amide bonds. The number of amides is 1. The number of carbonyl (C=O) groups is 1. The van der Waals surface area contributed by atoms with Crippen LogP contribution < -0.4 is 0 Å². The highest BCUT2D eigenvalue weighted by Crippen LogP contribution is 2.31. The van der Waals surface area contributed by atoms with E-state index in [1.165, 1.54) is 5.57 Å². The number of benzene rings is 1. The van der Waals surface area contributed by atoms with E-state index < -0.39 is 0 Å². The fraction of sp³-hybridized carbons (Fsp3) is 0.476. The van der Waals surface area contributed by atoms with Gasteiger partial charge in [0.25, 0.3) is 0 Å². The maximum Gasteiger partial charge on any atom is 0.410 e. The summed E-state index contributed by atoms with van der Waals surface area (Å²) in [5.41, 5.74) is 3.30. The van der Waals surface area contributed by atoms with Crippen molar-refractivity contribution in [3.05, 3.63) is 58.9 Å². The maximum atomic E-state index is 12.2. The molecule has 0 radical (unpaired) electrons. The molecular weight excluding hydrogens is 377 g/mol. The van der Waals surface area contributed by atoms with Crippen molar-refractivity contribution in [3.63, 3.8) is 0 Å². The molecule has 2 aliphatic heterocycles. The zero-order valence-electron chi connectivity index (χ0n) is 16.4. The molecule has 2 saturated heterocycles. The molecule has 7 heteroatoms. The fourth-order valence-corrected chi connectivity index (χ4v) is 4.08. The fourth-order valence-electron chi connectivity index (χ4n) is 3.52. The molecule has 1 aromatic carbocycles. The predicted octanol–water partition coefficient (Wildman–Crippen LogP) is 4.40. The molecule has 0 spiro atoms. The molecule has 0 aliphatic carbocycles. The van der Waals surface area contributed by atoms with Gasteiger partial charge in [-0.15, -0.1) is 0 Å². The van der Waals surface area contributed by atoms with Gasteiger partial charge < -0.3 is 18.7 Å². The molecule has 2 heterocycles. The molecule has 3 rings (SSSR count). The zero-order chi connectivity index (χ0) is 19.8. The monoisotopic (exact) mass is 405 g/mol. The van der Waals surface area contributed by atoms with Crippen LogP contribution in [0, 0.1) is 0 Å². The molecular formula is C21H28NO5P. The van der Waals surface area contributed by atoms with Crippen LogP contribution in [0.1, 0.15) is 31.4 Å². The van der Waals surface area contributed by atoms with Crippen LogP contribution in [0.5, 0.6) is 0 Å². The molecule has 6 nitrogen and oxygen atoms in total. The van der Waals surface area contributed by atoms with Crippen molar-refractivity contribution in [1.29, 1.82) is 0 Å². The summed E-state index contributed by atoms with van der Waals surface area (Å²) >= 11 is 0. The second kappa shape index (κ2) is 10.7. The highest BCUT2D eigenvalue weighted by molar-refractivity contribution is 7.36. The van der Waals surface area contributed by atoms with Crippen LogP contribution in [0.25, 0.3) is 0 Å². The molecule has 28 heavy (non-hydrogen) atoms. The van der Waals surface area contributed by atoms with Gasteiger partial charge in [0.05, 0.1) is 19.3 Å². The van der Waals surface area contributed by atoms with Crippen molar-refractivity contribution in [1.82, 2.24) is 4.90 Å². The minimum atomic E-state index is -0.331. The Labute approximate surface area is 168 Å². The van der Waals surface area contributed by atoms with Crippen LogP contribution in [-0.2, 0) is 18.7 Å². The van der Waals surface area contributed by atoms with E-state index >= 15 is 0 Å². The van der Waals surface area contributed by atoms with E-state index in [2.05, 4.69) is 6.08 Å². The summed E-state index contributed by atoms with van der Waals surface area (Å²) in [6, 6.07) is 10.0. The van der Waals surface area contributed by atoms with Gasteiger partial charge in [0.2, 0.25) is 0 Å². The summed E-state index contributed by atoms with van der Waals surface area (Å²) in [5, 5.41) is 0. The number of allylic oxidation sites excluding steroid dienone is 1. The van der Waals surface area contributed by atoms with Crippen molar-refractivity contribution >= 4 is 14.9 Å². The molecule has 0 bridgehead atoms. The lowest BCUT2D eigenvalue weighted by Gasteiger charge is -2.23. The highest BCUT2D eigenvalue weighted by atomic mass is 31.1. The highest BCUT2D eigenvalue weighted by Gasteiger charge is 2.33. The number of hydrogen-bond donors (Lipinski definition) is 0. The molecule has 0 N–H and O–H groups in total. The number of hydrogen-bond acceptors (Lipinski definition) is 5. The van der Waals surface area contributed by atoms with Gasteiger partial charge in [-0.3, -0.25) is 4.90 Å². The maximum absolute atomic E-state index is 12.2. The van der Waals surface area contributed by atoms with Crippen LogP contribution >= 0.6 is 8.81 Å². The van der Waals surface area contributed by atoms with Gasteiger partial charge in [0.15, 0.2) is 6.29 Å². The lowest BCUT2D eigenvalue weighted by molar-refractivity contribution is -0.00949. The van der Waals surface area contributed by atoms with E-state index in [9.17, 15) is 4.79 Å². The van der Waals surface area contributed by atoms with E-state index in [0.29, 0.717) is 26.4 Å². The van der Waals surface area contributed by atoms with Crippen LogP contribution in [0.15, 0.2) is 53.4 Å². The summed E-state index contributed by atoms with van der Waals surface area (Å²) in [5.74, 6) is 2.04. The smallest absolute Gasteiger partial charge is 0.410 e. The Morgan fingerprint density at radius 3 is 2.71 bits per heavy atom. The molecule has 152 valence electrons. The largest absolute Gasteiger partial charge is 0.447 e. The topological polar surface area (TPSA) is 57.2 Å². The van der Waals surface area contributed by atoms with Crippen LogP contribution in [-0.4, -0.2) is 50.8 Å². The van der Waals surface area contributed by atoms with Gasteiger partial charge in [-0.2, -0.15) is 0 Å². The van der Waals surface area contributed by atoms with Crippen molar-refractivity contribution < 1.29 is 23.5 Å². The standard InChI is InChI=1S/C21H28NO5P/c1-3-16(18(15-28-24-2)20-25-12-13-26-20)10-7-11-22-19(14-27-21(22)23)17-8-5-4-6-9-17/h3-6,8-9,15,19-20,28H,7,10-14H2,1-2H3/b16-3-,18-15+. The van der Waals surface area contributed by atoms with Crippen LogP contribution in [0.3, 0.4) is 0 Å². The first-order chi connectivity index (χ1) is 13.7. The Bertz CT molecular complexity index is 700.